The van der Waals surface area contributed by atoms with Crippen molar-refractivity contribution >= 4 is 11.7 Å². The average Bonchev–Trinajstić information content (AvgIpc) is 3.11. The normalized spacial score (nSPS) is 12.1. The maximum atomic E-state index is 12.5. The quantitative estimate of drug-likeness (QED) is 0.742. The van der Waals surface area contributed by atoms with E-state index >= 15 is 0 Å². The molecular weight excluding hydrogens is 304 g/mol. The van der Waals surface area contributed by atoms with Crippen LogP contribution in [0.15, 0.2) is 48.8 Å². The maximum absolute atomic E-state index is 12.5. The SMILES string of the molecule is Cc1cc(N)n(CC(=O)NC(c2ccccc2)c2nccn2C)n1. The summed E-state index contributed by atoms with van der Waals surface area (Å²) < 4.78 is 3.38. The van der Waals surface area contributed by atoms with Crippen molar-refractivity contribution in [2.75, 3.05) is 5.73 Å². The van der Waals surface area contributed by atoms with Gasteiger partial charge >= 0.3 is 0 Å². The molecule has 0 aliphatic rings. The van der Waals surface area contributed by atoms with E-state index in [1.54, 1.807) is 12.3 Å². The van der Waals surface area contributed by atoms with E-state index in [9.17, 15) is 4.79 Å². The van der Waals surface area contributed by atoms with Gasteiger partial charge in [0, 0.05) is 25.5 Å². The Morgan fingerprint density at radius 2 is 2.08 bits per heavy atom. The second kappa shape index (κ2) is 6.57. The minimum Gasteiger partial charge on any atom is -0.384 e. The second-order valence-corrected chi connectivity index (χ2v) is 5.68. The Kier molecular flexibility index (Phi) is 4.33. The van der Waals surface area contributed by atoms with Gasteiger partial charge in [-0.3, -0.25) is 4.79 Å². The van der Waals surface area contributed by atoms with Crippen LogP contribution in [0.3, 0.4) is 0 Å². The molecule has 2 heterocycles. The monoisotopic (exact) mass is 324 g/mol. The molecule has 0 aliphatic heterocycles. The van der Waals surface area contributed by atoms with Gasteiger partial charge < -0.3 is 15.6 Å². The molecule has 1 amide bonds. The molecule has 7 heteroatoms. The first-order chi connectivity index (χ1) is 11.5. The van der Waals surface area contributed by atoms with Gasteiger partial charge in [-0.2, -0.15) is 5.10 Å². The Bertz CT molecular complexity index is 836. The minimum absolute atomic E-state index is 0.0629. The lowest BCUT2D eigenvalue weighted by molar-refractivity contribution is -0.122. The van der Waals surface area contributed by atoms with Crippen LogP contribution in [0.5, 0.6) is 0 Å². The zero-order chi connectivity index (χ0) is 17.1. The van der Waals surface area contributed by atoms with E-state index in [1.165, 1.54) is 4.68 Å². The molecule has 24 heavy (non-hydrogen) atoms. The number of carbonyl (C=O) groups excluding carboxylic acids is 1. The first-order valence-corrected chi connectivity index (χ1v) is 7.66. The Balaban J connectivity index is 1.83. The number of rotatable bonds is 5. The Labute approximate surface area is 140 Å². The molecule has 1 unspecified atom stereocenters. The summed E-state index contributed by atoms with van der Waals surface area (Å²) >= 11 is 0. The Morgan fingerprint density at radius 3 is 2.67 bits per heavy atom. The number of imidazole rings is 1. The van der Waals surface area contributed by atoms with E-state index in [-0.39, 0.29) is 18.5 Å². The van der Waals surface area contributed by atoms with Gasteiger partial charge in [-0.1, -0.05) is 30.3 Å². The second-order valence-electron chi connectivity index (χ2n) is 5.68. The standard InChI is InChI=1S/C17H20N6O/c1-12-10-14(18)23(21-12)11-15(24)20-16(13-6-4-3-5-7-13)17-19-8-9-22(17)2/h3-10,16H,11,18H2,1-2H3,(H,20,24). The molecule has 1 atom stereocenters. The van der Waals surface area contributed by atoms with Crippen LogP contribution in [-0.2, 0) is 18.4 Å². The molecule has 3 N–H and O–H groups in total. The third-order valence-electron chi connectivity index (χ3n) is 3.78. The van der Waals surface area contributed by atoms with Crippen LogP contribution in [0.1, 0.15) is 23.1 Å². The number of aryl methyl sites for hydroxylation is 2. The van der Waals surface area contributed by atoms with Crippen LogP contribution in [0.2, 0.25) is 0 Å². The third kappa shape index (κ3) is 3.29. The number of nitrogen functional groups attached to an aromatic ring is 1. The van der Waals surface area contributed by atoms with Crippen molar-refractivity contribution in [3.63, 3.8) is 0 Å². The van der Waals surface area contributed by atoms with E-state index < -0.39 is 0 Å². The molecule has 2 aromatic heterocycles. The van der Waals surface area contributed by atoms with Gasteiger partial charge in [0.15, 0.2) is 0 Å². The molecule has 0 spiro atoms. The van der Waals surface area contributed by atoms with E-state index in [0.29, 0.717) is 5.82 Å². The predicted octanol–water partition coefficient (Wildman–Crippen LogP) is 1.41. The van der Waals surface area contributed by atoms with E-state index in [2.05, 4.69) is 15.4 Å². The number of aromatic nitrogens is 4. The summed E-state index contributed by atoms with van der Waals surface area (Å²) in [6.07, 6.45) is 3.57. The van der Waals surface area contributed by atoms with Gasteiger partial charge in [0.25, 0.3) is 0 Å². The number of nitrogens with two attached hydrogens (primary N) is 1. The summed E-state index contributed by atoms with van der Waals surface area (Å²) in [5.74, 6) is 1.05. The number of anilines is 1. The lowest BCUT2D eigenvalue weighted by Gasteiger charge is -2.19. The van der Waals surface area contributed by atoms with Crippen molar-refractivity contribution in [1.82, 2.24) is 24.6 Å². The highest BCUT2D eigenvalue weighted by molar-refractivity contribution is 5.77. The molecule has 1 aromatic carbocycles. The number of hydrogen-bond acceptors (Lipinski definition) is 4. The van der Waals surface area contributed by atoms with E-state index in [0.717, 1.165) is 17.1 Å². The summed E-state index contributed by atoms with van der Waals surface area (Å²) in [5, 5.41) is 7.24. The van der Waals surface area contributed by atoms with Gasteiger partial charge in [-0.05, 0) is 12.5 Å². The number of hydrogen-bond donors (Lipinski definition) is 2. The smallest absolute Gasteiger partial charge is 0.242 e. The predicted molar refractivity (Wildman–Crippen MR) is 91.0 cm³/mol. The first-order valence-electron chi connectivity index (χ1n) is 7.66. The van der Waals surface area contributed by atoms with Crippen molar-refractivity contribution in [3.8, 4) is 0 Å². The Morgan fingerprint density at radius 1 is 1.33 bits per heavy atom. The average molecular weight is 324 g/mol. The number of carbonyl (C=O) groups is 1. The lowest BCUT2D eigenvalue weighted by Crippen LogP contribution is -2.34. The number of nitrogens with one attached hydrogen (secondary N) is 1. The summed E-state index contributed by atoms with van der Waals surface area (Å²) in [6, 6.07) is 11.1. The highest BCUT2D eigenvalue weighted by atomic mass is 16.2. The minimum atomic E-state index is -0.336. The summed E-state index contributed by atoms with van der Waals surface area (Å²) in [6.45, 7) is 1.90. The molecule has 0 saturated carbocycles. The molecule has 3 aromatic rings. The molecule has 0 fully saturated rings. The van der Waals surface area contributed by atoms with E-state index in [1.807, 2.05) is 55.1 Å². The highest BCUT2D eigenvalue weighted by Gasteiger charge is 2.21. The van der Waals surface area contributed by atoms with Gasteiger partial charge in [0.1, 0.15) is 24.2 Å². The topological polar surface area (TPSA) is 90.8 Å². The lowest BCUT2D eigenvalue weighted by atomic mass is 10.1. The Hall–Kier alpha value is -3.09. The van der Waals surface area contributed by atoms with Gasteiger partial charge in [0.05, 0.1) is 5.69 Å². The first kappa shape index (κ1) is 15.8. The van der Waals surface area contributed by atoms with Crippen LogP contribution >= 0.6 is 0 Å². The summed E-state index contributed by atoms with van der Waals surface area (Å²) in [7, 11) is 1.90. The molecule has 124 valence electrons. The highest BCUT2D eigenvalue weighted by Crippen LogP contribution is 2.20. The molecule has 0 aliphatic carbocycles. The van der Waals surface area contributed by atoms with E-state index in [4.69, 9.17) is 5.73 Å². The molecule has 7 nitrogen and oxygen atoms in total. The maximum Gasteiger partial charge on any atom is 0.242 e. The zero-order valence-corrected chi connectivity index (χ0v) is 13.7. The number of nitrogens with zero attached hydrogens (tertiary/aromatic N) is 4. The van der Waals surface area contributed by atoms with Crippen molar-refractivity contribution in [3.05, 3.63) is 65.9 Å². The zero-order valence-electron chi connectivity index (χ0n) is 13.7. The summed E-state index contributed by atoms with van der Waals surface area (Å²) in [5.41, 5.74) is 7.60. The van der Waals surface area contributed by atoms with Crippen LogP contribution < -0.4 is 11.1 Å². The van der Waals surface area contributed by atoms with Crippen molar-refractivity contribution in [2.45, 2.75) is 19.5 Å². The van der Waals surface area contributed by atoms with Gasteiger partial charge in [0.2, 0.25) is 5.91 Å². The summed E-state index contributed by atoms with van der Waals surface area (Å²) in [4.78, 5) is 16.9. The van der Waals surface area contributed by atoms with Gasteiger partial charge in [-0.25, -0.2) is 9.67 Å². The van der Waals surface area contributed by atoms with Crippen LogP contribution in [0.25, 0.3) is 0 Å². The van der Waals surface area contributed by atoms with Gasteiger partial charge in [-0.15, -0.1) is 0 Å². The number of amides is 1. The fraction of sp³-hybridized carbons (Fsp3) is 0.235. The fourth-order valence-electron chi connectivity index (χ4n) is 2.63. The largest absolute Gasteiger partial charge is 0.384 e. The molecule has 0 radical (unpaired) electrons. The molecule has 0 saturated heterocycles. The van der Waals surface area contributed by atoms with Crippen LogP contribution in [-0.4, -0.2) is 25.2 Å². The number of benzene rings is 1. The van der Waals surface area contributed by atoms with Crippen LogP contribution in [0.4, 0.5) is 5.82 Å². The third-order valence-corrected chi connectivity index (χ3v) is 3.78. The molecular formula is C17H20N6O. The van der Waals surface area contributed by atoms with Crippen LogP contribution in [0, 0.1) is 6.92 Å². The van der Waals surface area contributed by atoms with Crippen molar-refractivity contribution < 1.29 is 4.79 Å². The molecule has 0 bridgehead atoms. The fourth-order valence-corrected chi connectivity index (χ4v) is 2.63. The van der Waals surface area contributed by atoms with Crippen molar-refractivity contribution in [1.29, 1.82) is 0 Å². The van der Waals surface area contributed by atoms with Crippen molar-refractivity contribution in [2.24, 2.45) is 7.05 Å². The molecule has 3 rings (SSSR count).